The van der Waals surface area contributed by atoms with Gasteiger partial charge >= 0.3 is 0 Å². The van der Waals surface area contributed by atoms with Crippen LogP contribution in [0.1, 0.15) is 98.8 Å². The van der Waals surface area contributed by atoms with Crippen molar-refractivity contribution in [1.82, 2.24) is 5.32 Å². The maximum atomic E-state index is 3.69. The molecule has 1 heteroatoms. The van der Waals surface area contributed by atoms with Gasteiger partial charge in [0, 0.05) is 6.04 Å². The molecule has 0 heterocycles. The molecular formula is C19H41N. The summed E-state index contributed by atoms with van der Waals surface area (Å²) < 4.78 is 0. The van der Waals surface area contributed by atoms with Crippen LogP contribution in [0.25, 0.3) is 0 Å². The molecular weight excluding hydrogens is 242 g/mol. The van der Waals surface area contributed by atoms with E-state index in [0.29, 0.717) is 6.04 Å². The predicted molar refractivity (Wildman–Crippen MR) is 93.3 cm³/mol. The third kappa shape index (κ3) is 10.7. The largest absolute Gasteiger partial charge is 0.314 e. The lowest BCUT2D eigenvalue weighted by Gasteiger charge is -2.28. The second-order valence-electron chi connectivity index (χ2n) is 6.91. The zero-order valence-corrected chi connectivity index (χ0v) is 15.0. The van der Waals surface area contributed by atoms with Crippen molar-refractivity contribution in [2.45, 2.75) is 105 Å². The lowest BCUT2D eigenvalue weighted by atomic mass is 9.84. The number of hydrogen-bond donors (Lipinski definition) is 1. The van der Waals surface area contributed by atoms with Crippen molar-refractivity contribution in [3.8, 4) is 0 Å². The Morgan fingerprint density at radius 3 is 1.75 bits per heavy atom. The fraction of sp³-hybridized carbons (Fsp3) is 1.00. The van der Waals surface area contributed by atoms with Crippen molar-refractivity contribution < 1.29 is 0 Å². The number of hydrogen-bond acceptors (Lipinski definition) is 1. The van der Waals surface area contributed by atoms with Gasteiger partial charge in [0.25, 0.3) is 0 Å². The van der Waals surface area contributed by atoms with E-state index in [9.17, 15) is 0 Å². The van der Waals surface area contributed by atoms with E-state index in [-0.39, 0.29) is 0 Å². The van der Waals surface area contributed by atoms with E-state index in [1.165, 1.54) is 70.8 Å². The van der Waals surface area contributed by atoms with Gasteiger partial charge in [-0.05, 0) is 38.1 Å². The summed E-state index contributed by atoms with van der Waals surface area (Å²) in [6.07, 6.45) is 14.1. The molecule has 2 unspecified atom stereocenters. The van der Waals surface area contributed by atoms with Gasteiger partial charge in [-0.15, -0.1) is 0 Å². The second-order valence-corrected chi connectivity index (χ2v) is 6.91. The monoisotopic (exact) mass is 283 g/mol. The van der Waals surface area contributed by atoms with Gasteiger partial charge in [-0.3, -0.25) is 0 Å². The first kappa shape index (κ1) is 20.0. The van der Waals surface area contributed by atoms with E-state index in [1.807, 2.05) is 0 Å². The quantitative estimate of drug-likeness (QED) is 0.375. The Kier molecular flexibility index (Phi) is 13.9. The summed E-state index contributed by atoms with van der Waals surface area (Å²) >= 11 is 0. The lowest BCUT2D eigenvalue weighted by molar-refractivity contribution is 0.265. The van der Waals surface area contributed by atoms with E-state index in [4.69, 9.17) is 0 Å². The zero-order valence-electron chi connectivity index (χ0n) is 15.0. The summed E-state index contributed by atoms with van der Waals surface area (Å²) in [6, 6.07) is 0.680. The highest BCUT2D eigenvalue weighted by atomic mass is 14.9. The molecule has 122 valence electrons. The topological polar surface area (TPSA) is 12.0 Å². The molecule has 0 aliphatic heterocycles. The van der Waals surface area contributed by atoms with Crippen LogP contribution in [0, 0.1) is 11.8 Å². The van der Waals surface area contributed by atoms with E-state index in [2.05, 4.69) is 39.9 Å². The minimum absolute atomic E-state index is 0.680. The Morgan fingerprint density at radius 2 is 1.25 bits per heavy atom. The van der Waals surface area contributed by atoms with Gasteiger partial charge in [-0.1, -0.05) is 79.1 Å². The fourth-order valence-corrected chi connectivity index (χ4v) is 3.20. The van der Waals surface area contributed by atoms with Gasteiger partial charge in [-0.25, -0.2) is 0 Å². The summed E-state index contributed by atoms with van der Waals surface area (Å²) in [7, 11) is 0. The minimum Gasteiger partial charge on any atom is -0.314 e. The van der Waals surface area contributed by atoms with Crippen molar-refractivity contribution in [1.29, 1.82) is 0 Å². The molecule has 0 aliphatic rings. The van der Waals surface area contributed by atoms with Gasteiger partial charge in [0.05, 0.1) is 0 Å². The van der Waals surface area contributed by atoms with E-state index >= 15 is 0 Å². The highest BCUT2D eigenvalue weighted by molar-refractivity contribution is 4.75. The van der Waals surface area contributed by atoms with Gasteiger partial charge in [-0.2, -0.15) is 0 Å². The molecule has 1 N–H and O–H groups in total. The third-order valence-electron chi connectivity index (χ3n) is 4.61. The summed E-state index contributed by atoms with van der Waals surface area (Å²) in [5.41, 5.74) is 0. The maximum Gasteiger partial charge on any atom is 0.00694 e. The molecule has 0 aromatic carbocycles. The summed E-state index contributed by atoms with van der Waals surface area (Å²) in [4.78, 5) is 0. The van der Waals surface area contributed by atoms with Crippen LogP contribution in [-0.4, -0.2) is 12.6 Å². The van der Waals surface area contributed by atoms with E-state index < -0.39 is 0 Å². The number of nitrogens with one attached hydrogen (secondary N) is 1. The first-order chi connectivity index (χ1) is 9.63. The molecule has 0 amide bonds. The van der Waals surface area contributed by atoms with Gasteiger partial charge < -0.3 is 5.32 Å². The molecule has 2 atom stereocenters. The van der Waals surface area contributed by atoms with Crippen molar-refractivity contribution in [2.75, 3.05) is 6.54 Å². The smallest absolute Gasteiger partial charge is 0.00694 e. The Bertz CT molecular complexity index is 188. The van der Waals surface area contributed by atoms with Gasteiger partial charge in [0.1, 0.15) is 0 Å². The van der Waals surface area contributed by atoms with Crippen LogP contribution in [0.5, 0.6) is 0 Å². The number of rotatable bonds is 14. The molecule has 0 saturated carbocycles. The molecule has 0 aliphatic carbocycles. The predicted octanol–water partition coefficient (Wildman–Crippen LogP) is 6.18. The van der Waals surface area contributed by atoms with Crippen molar-refractivity contribution in [3.63, 3.8) is 0 Å². The van der Waals surface area contributed by atoms with Gasteiger partial charge in [0.15, 0.2) is 0 Å². The normalized spacial score (nSPS) is 14.7. The molecule has 0 aromatic heterocycles. The molecule has 0 aromatic rings. The van der Waals surface area contributed by atoms with E-state index in [0.717, 1.165) is 11.8 Å². The Morgan fingerprint density at radius 1 is 0.700 bits per heavy atom. The van der Waals surface area contributed by atoms with Crippen LogP contribution in [-0.2, 0) is 0 Å². The summed E-state index contributed by atoms with van der Waals surface area (Å²) in [6.45, 7) is 12.9. The Hall–Kier alpha value is -0.0400. The fourth-order valence-electron chi connectivity index (χ4n) is 3.20. The van der Waals surface area contributed by atoms with Crippen molar-refractivity contribution >= 4 is 0 Å². The highest BCUT2D eigenvalue weighted by Gasteiger charge is 2.19. The van der Waals surface area contributed by atoms with Crippen LogP contribution < -0.4 is 5.32 Å². The van der Waals surface area contributed by atoms with Gasteiger partial charge in [0.2, 0.25) is 0 Å². The molecule has 0 rings (SSSR count). The van der Waals surface area contributed by atoms with E-state index in [1.54, 1.807) is 0 Å². The Balaban J connectivity index is 3.65. The second kappa shape index (κ2) is 13.9. The van der Waals surface area contributed by atoms with Crippen molar-refractivity contribution in [2.24, 2.45) is 11.8 Å². The molecule has 0 radical (unpaired) electrons. The molecule has 20 heavy (non-hydrogen) atoms. The summed E-state index contributed by atoms with van der Waals surface area (Å²) in [5.74, 6) is 1.65. The molecule has 1 nitrogen and oxygen atoms in total. The maximum absolute atomic E-state index is 3.69. The third-order valence-corrected chi connectivity index (χ3v) is 4.61. The van der Waals surface area contributed by atoms with Crippen LogP contribution >= 0.6 is 0 Å². The molecule has 0 bridgehead atoms. The average Bonchev–Trinajstić information content (AvgIpc) is 2.42. The number of unbranched alkanes of at least 4 members (excludes halogenated alkanes) is 7. The SMILES string of the molecule is CCCCCCCCCCC(C(C)C)C(C)NCCC. The first-order valence-electron chi connectivity index (χ1n) is 9.36. The molecule has 0 saturated heterocycles. The summed E-state index contributed by atoms with van der Waals surface area (Å²) in [5, 5.41) is 3.69. The molecule has 0 spiro atoms. The van der Waals surface area contributed by atoms with Crippen molar-refractivity contribution in [3.05, 3.63) is 0 Å². The Labute approximate surface area is 129 Å². The average molecular weight is 284 g/mol. The highest BCUT2D eigenvalue weighted by Crippen LogP contribution is 2.23. The zero-order chi connectivity index (χ0) is 15.2. The van der Waals surface area contributed by atoms with Crippen LogP contribution in [0.4, 0.5) is 0 Å². The lowest BCUT2D eigenvalue weighted by Crippen LogP contribution is -2.36. The van der Waals surface area contributed by atoms with Crippen LogP contribution in [0.2, 0.25) is 0 Å². The van der Waals surface area contributed by atoms with Crippen LogP contribution in [0.3, 0.4) is 0 Å². The first-order valence-corrected chi connectivity index (χ1v) is 9.36. The minimum atomic E-state index is 0.680. The standard InChI is InChI=1S/C19H41N/c1-6-8-9-10-11-12-13-14-15-19(17(3)4)18(5)20-16-7-2/h17-20H,6-16H2,1-5H3. The van der Waals surface area contributed by atoms with Crippen LogP contribution in [0.15, 0.2) is 0 Å². The molecule has 0 fully saturated rings.